The Morgan fingerprint density at radius 1 is 1.35 bits per heavy atom. The SMILES string of the molecule is Cc1nn(C)c(C)c1NC(=O)C(C)N1CCOC(c2ccc(Br)cc2)C1. The van der Waals surface area contributed by atoms with Crippen molar-refractivity contribution in [1.29, 1.82) is 0 Å². The fourth-order valence-corrected chi connectivity index (χ4v) is 3.51. The molecule has 1 fully saturated rings. The topological polar surface area (TPSA) is 59.4 Å². The van der Waals surface area contributed by atoms with Crippen LogP contribution in [-0.4, -0.2) is 46.3 Å². The van der Waals surface area contributed by atoms with Gasteiger partial charge in [-0.2, -0.15) is 5.10 Å². The molecule has 3 rings (SSSR count). The van der Waals surface area contributed by atoms with Gasteiger partial charge in [-0.25, -0.2) is 0 Å². The second-order valence-electron chi connectivity index (χ2n) is 6.74. The minimum absolute atomic E-state index is 0.0133. The number of rotatable bonds is 4. The maximum atomic E-state index is 12.8. The lowest BCUT2D eigenvalue weighted by Crippen LogP contribution is -2.48. The number of nitrogens with zero attached hydrogens (tertiary/aromatic N) is 3. The van der Waals surface area contributed by atoms with E-state index in [1.807, 2.05) is 40.0 Å². The lowest BCUT2D eigenvalue weighted by molar-refractivity contribution is -0.124. The molecule has 0 bridgehead atoms. The van der Waals surface area contributed by atoms with Crippen LogP contribution in [0.4, 0.5) is 5.69 Å². The molecule has 2 aromatic rings. The van der Waals surface area contributed by atoms with Crippen LogP contribution in [0.25, 0.3) is 0 Å². The van der Waals surface area contributed by atoms with Crippen LogP contribution in [0.15, 0.2) is 28.7 Å². The highest BCUT2D eigenvalue weighted by Gasteiger charge is 2.29. The van der Waals surface area contributed by atoms with Crippen LogP contribution >= 0.6 is 15.9 Å². The maximum absolute atomic E-state index is 12.8. The smallest absolute Gasteiger partial charge is 0.241 e. The zero-order valence-electron chi connectivity index (χ0n) is 15.6. The van der Waals surface area contributed by atoms with Crippen molar-refractivity contribution in [2.75, 3.05) is 25.0 Å². The first-order valence-corrected chi connectivity index (χ1v) is 9.58. The quantitative estimate of drug-likeness (QED) is 0.824. The molecule has 26 heavy (non-hydrogen) atoms. The van der Waals surface area contributed by atoms with E-state index in [1.165, 1.54) is 0 Å². The minimum atomic E-state index is -0.240. The summed E-state index contributed by atoms with van der Waals surface area (Å²) in [5.74, 6) is -0.0133. The van der Waals surface area contributed by atoms with E-state index in [0.29, 0.717) is 13.2 Å². The van der Waals surface area contributed by atoms with Gasteiger partial charge < -0.3 is 10.1 Å². The molecular formula is C19H25BrN4O2. The van der Waals surface area contributed by atoms with E-state index in [9.17, 15) is 4.79 Å². The largest absolute Gasteiger partial charge is 0.371 e. The zero-order valence-corrected chi connectivity index (χ0v) is 17.2. The Hall–Kier alpha value is -1.70. The van der Waals surface area contributed by atoms with E-state index in [-0.39, 0.29) is 18.1 Å². The van der Waals surface area contributed by atoms with Crippen LogP contribution in [0.1, 0.15) is 30.0 Å². The average molecular weight is 421 g/mol. The summed E-state index contributed by atoms with van der Waals surface area (Å²) in [5, 5.41) is 7.41. The molecule has 1 aliphatic rings. The van der Waals surface area contributed by atoms with Gasteiger partial charge in [-0.1, -0.05) is 28.1 Å². The molecule has 140 valence electrons. The number of aromatic nitrogens is 2. The zero-order chi connectivity index (χ0) is 18.8. The van der Waals surface area contributed by atoms with Crippen molar-refractivity contribution in [3.8, 4) is 0 Å². The first-order chi connectivity index (χ1) is 12.4. The molecule has 0 saturated carbocycles. The fourth-order valence-electron chi connectivity index (χ4n) is 3.25. The van der Waals surface area contributed by atoms with Crippen molar-refractivity contribution in [1.82, 2.24) is 14.7 Å². The summed E-state index contributed by atoms with van der Waals surface area (Å²) in [6.07, 6.45) is -0.0195. The Bertz CT molecular complexity index is 788. The lowest BCUT2D eigenvalue weighted by Gasteiger charge is -2.36. The number of carbonyl (C=O) groups is 1. The van der Waals surface area contributed by atoms with Gasteiger partial charge >= 0.3 is 0 Å². The number of nitrogens with one attached hydrogen (secondary N) is 1. The van der Waals surface area contributed by atoms with Gasteiger partial charge in [-0.05, 0) is 38.5 Å². The van der Waals surface area contributed by atoms with Gasteiger partial charge in [-0.15, -0.1) is 0 Å². The number of halogens is 1. The van der Waals surface area contributed by atoms with Crippen molar-refractivity contribution in [2.24, 2.45) is 7.05 Å². The van der Waals surface area contributed by atoms with Gasteiger partial charge in [0.1, 0.15) is 0 Å². The van der Waals surface area contributed by atoms with Gasteiger partial charge in [0, 0.05) is 24.6 Å². The number of hydrogen-bond donors (Lipinski definition) is 1. The molecule has 1 saturated heterocycles. The molecule has 0 aliphatic carbocycles. The first-order valence-electron chi connectivity index (χ1n) is 8.79. The molecular weight excluding hydrogens is 396 g/mol. The molecule has 0 spiro atoms. The Balaban J connectivity index is 1.67. The van der Waals surface area contributed by atoms with Gasteiger partial charge in [0.25, 0.3) is 0 Å². The molecule has 7 heteroatoms. The average Bonchev–Trinajstić information content (AvgIpc) is 2.88. The highest BCUT2D eigenvalue weighted by molar-refractivity contribution is 9.10. The van der Waals surface area contributed by atoms with Crippen LogP contribution in [0.3, 0.4) is 0 Å². The third kappa shape index (κ3) is 4.00. The van der Waals surface area contributed by atoms with Crippen LogP contribution in [-0.2, 0) is 16.6 Å². The molecule has 1 amide bonds. The third-order valence-corrected chi connectivity index (χ3v) is 5.55. The summed E-state index contributed by atoms with van der Waals surface area (Å²) in [7, 11) is 1.88. The van der Waals surface area contributed by atoms with Gasteiger partial charge in [0.15, 0.2) is 0 Å². The van der Waals surface area contributed by atoms with E-state index >= 15 is 0 Å². The number of aryl methyl sites for hydroxylation is 2. The van der Waals surface area contributed by atoms with Crippen molar-refractivity contribution in [3.05, 3.63) is 45.7 Å². The molecule has 6 nitrogen and oxygen atoms in total. The molecule has 1 N–H and O–H groups in total. The van der Waals surface area contributed by atoms with E-state index in [0.717, 1.165) is 33.7 Å². The number of hydrogen-bond acceptors (Lipinski definition) is 4. The first kappa shape index (κ1) is 19.1. The number of morpholine rings is 1. The number of ether oxygens (including phenoxy) is 1. The Labute approximate surface area is 162 Å². The van der Waals surface area contributed by atoms with Crippen molar-refractivity contribution in [2.45, 2.75) is 32.9 Å². The van der Waals surface area contributed by atoms with Crippen LogP contribution in [0.5, 0.6) is 0 Å². The lowest BCUT2D eigenvalue weighted by atomic mass is 10.1. The monoisotopic (exact) mass is 420 g/mol. The maximum Gasteiger partial charge on any atom is 0.241 e. The number of carbonyl (C=O) groups excluding carboxylic acids is 1. The minimum Gasteiger partial charge on any atom is -0.371 e. The van der Waals surface area contributed by atoms with Crippen LogP contribution < -0.4 is 5.32 Å². The van der Waals surface area contributed by atoms with E-state index in [4.69, 9.17) is 4.74 Å². The normalized spacial score (nSPS) is 19.3. The number of anilines is 1. The molecule has 2 atom stereocenters. The van der Waals surface area contributed by atoms with Crippen molar-refractivity contribution >= 4 is 27.5 Å². The Morgan fingerprint density at radius 3 is 2.65 bits per heavy atom. The Morgan fingerprint density at radius 2 is 2.04 bits per heavy atom. The highest BCUT2D eigenvalue weighted by Crippen LogP contribution is 2.25. The van der Waals surface area contributed by atoms with E-state index < -0.39 is 0 Å². The van der Waals surface area contributed by atoms with Gasteiger partial charge in [0.05, 0.1) is 35.8 Å². The summed E-state index contributed by atoms with van der Waals surface area (Å²) >= 11 is 3.46. The van der Waals surface area contributed by atoms with Gasteiger partial charge in [-0.3, -0.25) is 14.4 Å². The molecule has 2 heterocycles. The second kappa shape index (κ2) is 7.90. The van der Waals surface area contributed by atoms with Crippen molar-refractivity contribution < 1.29 is 9.53 Å². The third-order valence-electron chi connectivity index (χ3n) is 5.02. The van der Waals surface area contributed by atoms with E-state index in [2.05, 4.69) is 43.4 Å². The summed E-state index contributed by atoms with van der Waals surface area (Å²) in [6, 6.07) is 7.91. The highest BCUT2D eigenvalue weighted by atomic mass is 79.9. The molecule has 1 aromatic heterocycles. The second-order valence-corrected chi connectivity index (χ2v) is 7.66. The summed E-state index contributed by atoms with van der Waals surface area (Å²) in [5.41, 5.74) is 3.73. The molecule has 1 aromatic carbocycles. The van der Waals surface area contributed by atoms with Crippen molar-refractivity contribution in [3.63, 3.8) is 0 Å². The number of amides is 1. The summed E-state index contributed by atoms with van der Waals surface area (Å²) < 4.78 is 8.75. The van der Waals surface area contributed by atoms with Crippen LogP contribution in [0.2, 0.25) is 0 Å². The van der Waals surface area contributed by atoms with Gasteiger partial charge in [0.2, 0.25) is 5.91 Å². The molecule has 1 aliphatic heterocycles. The summed E-state index contributed by atoms with van der Waals surface area (Å²) in [4.78, 5) is 14.9. The molecule has 2 unspecified atom stereocenters. The predicted octanol–water partition coefficient (Wildman–Crippen LogP) is 3.20. The van der Waals surface area contributed by atoms with Crippen LogP contribution in [0, 0.1) is 13.8 Å². The predicted molar refractivity (Wildman–Crippen MR) is 105 cm³/mol. The summed E-state index contributed by atoms with van der Waals surface area (Å²) in [6.45, 7) is 7.86. The number of benzene rings is 1. The fraction of sp³-hybridized carbons (Fsp3) is 0.474. The Kier molecular flexibility index (Phi) is 5.79. The standard InChI is InChI=1S/C19H25BrN4O2/c1-12-18(13(2)23(4)22-12)21-19(25)14(3)24-9-10-26-17(11-24)15-5-7-16(20)8-6-15/h5-8,14,17H,9-11H2,1-4H3,(H,21,25). The molecule has 0 radical (unpaired) electrons. The van der Waals surface area contributed by atoms with E-state index in [1.54, 1.807) is 4.68 Å².